The number of likely N-dealkylation sites (N-methyl/N-ethyl adjacent to an activating group) is 1. The first-order valence-electron chi connectivity index (χ1n) is 5.15. The first-order valence-corrected chi connectivity index (χ1v) is 5.15. The van der Waals surface area contributed by atoms with Crippen LogP contribution in [0.2, 0.25) is 0 Å². The molecule has 1 aliphatic heterocycles. The number of morpholine rings is 1. The molecule has 0 aromatic carbocycles. The van der Waals surface area contributed by atoms with E-state index in [1.54, 1.807) is 0 Å². The van der Waals surface area contributed by atoms with Gasteiger partial charge in [0.2, 0.25) is 0 Å². The highest BCUT2D eigenvalue weighted by atomic mass is 19.4. The normalized spacial score (nSPS) is 24.8. The zero-order valence-electron chi connectivity index (χ0n) is 9.13. The Labute approximate surface area is 92.4 Å². The molecule has 4 nitrogen and oxygen atoms in total. The number of alkyl halides is 3. The topological polar surface area (TPSA) is 44.7 Å². The number of rotatable bonds is 4. The lowest BCUT2D eigenvalue weighted by Crippen LogP contribution is -2.47. The van der Waals surface area contributed by atoms with Crippen LogP contribution in [-0.4, -0.2) is 68.2 Å². The number of ether oxygens (including phenoxy) is 1. The van der Waals surface area contributed by atoms with Crippen LogP contribution in [0.15, 0.2) is 0 Å². The number of hydrogen-bond acceptors (Lipinski definition) is 4. The first kappa shape index (κ1) is 13.7. The fourth-order valence-corrected chi connectivity index (χ4v) is 1.56. The summed E-state index contributed by atoms with van der Waals surface area (Å²) in [5, 5.41) is 11.9. The first-order chi connectivity index (χ1) is 7.39. The molecule has 1 rings (SSSR count). The van der Waals surface area contributed by atoms with Gasteiger partial charge in [-0.15, -0.1) is 0 Å². The van der Waals surface area contributed by atoms with Gasteiger partial charge in [-0.3, -0.25) is 0 Å². The van der Waals surface area contributed by atoms with Crippen molar-refractivity contribution in [1.29, 1.82) is 0 Å². The Morgan fingerprint density at radius 3 is 2.75 bits per heavy atom. The minimum Gasteiger partial charge on any atom is -0.382 e. The highest BCUT2D eigenvalue weighted by molar-refractivity contribution is 4.74. The molecule has 2 atom stereocenters. The third-order valence-corrected chi connectivity index (χ3v) is 2.38. The molecule has 1 heterocycles. The zero-order chi connectivity index (χ0) is 12.2. The van der Waals surface area contributed by atoms with Gasteiger partial charge in [-0.2, -0.15) is 13.2 Å². The Morgan fingerprint density at radius 2 is 2.25 bits per heavy atom. The summed E-state index contributed by atoms with van der Waals surface area (Å²) in [5.74, 6) is 0. The number of nitrogens with zero attached hydrogens (tertiary/aromatic N) is 1. The van der Waals surface area contributed by atoms with Crippen molar-refractivity contribution in [2.45, 2.75) is 18.4 Å². The smallest absolute Gasteiger partial charge is 0.382 e. The summed E-state index contributed by atoms with van der Waals surface area (Å²) >= 11 is 0. The Morgan fingerprint density at radius 1 is 1.56 bits per heavy atom. The van der Waals surface area contributed by atoms with E-state index in [1.807, 2.05) is 0 Å². The minimum atomic E-state index is -4.56. The summed E-state index contributed by atoms with van der Waals surface area (Å²) in [6.45, 7) is 1.92. The molecule has 2 N–H and O–H groups in total. The largest absolute Gasteiger partial charge is 0.415 e. The third kappa shape index (κ3) is 4.65. The van der Waals surface area contributed by atoms with Crippen LogP contribution in [-0.2, 0) is 4.74 Å². The van der Waals surface area contributed by atoms with Gasteiger partial charge in [0.25, 0.3) is 0 Å². The van der Waals surface area contributed by atoms with Crippen LogP contribution < -0.4 is 5.32 Å². The summed E-state index contributed by atoms with van der Waals surface area (Å²) in [6, 6.07) is 0. The zero-order valence-corrected chi connectivity index (χ0v) is 9.13. The van der Waals surface area contributed by atoms with Crippen LogP contribution in [0, 0.1) is 0 Å². The molecule has 2 unspecified atom stereocenters. The maximum atomic E-state index is 12.1. The summed E-state index contributed by atoms with van der Waals surface area (Å²) < 4.78 is 41.6. The van der Waals surface area contributed by atoms with E-state index in [0.717, 1.165) is 6.54 Å². The highest BCUT2D eigenvalue weighted by Crippen LogP contribution is 2.20. The van der Waals surface area contributed by atoms with E-state index < -0.39 is 18.8 Å². The molecule has 0 radical (unpaired) electrons. The SMILES string of the molecule is CN(CC1CNCCO1)CC(O)C(F)(F)F. The summed E-state index contributed by atoms with van der Waals surface area (Å²) in [4.78, 5) is 1.43. The van der Waals surface area contributed by atoms with E-state index in [9.17, 15) is 13.2 Å². The second-order valence-electron chi connectivity index (χ2n) is 3.98. The standard InChI is InChI=1S/C9H17F3N2O2/c1-14(6-8(15)9(10,11)12)5-7-4-13-2-3-16-7/h7-8,13,15H,2-6H2,1H3. The lowest BCUT2D eigenvalue weighted by Gasteiger charge is -2.29. The van der Waals surface area contributed by atoms with E-state index in [1.165, 1.54) is 11.9 Å². The fourth-order valence-electron chi connectivity index (χ4n) is 1.56. The van der Waals surface area contributed by atoms with Gasteiger partial charge < -0.3 is 20.1 Å². The minimum absolute atomic E-state index is 0.112. The van der Waals surface area contributed by atoms with Crippen LogP contribution >= 0.6 is 0 Å². The highest BCUT2D eigenvalue weighted by Gasteiger charge is 2.38. The van der Waals surface area contributed by atoms with Gasteiger partial charge >= 0.3 is 6.18 Å². The number of aliphatic hydroxyl groups excluding tert-OH is 1. The molecule has 1 aliphatic rings. The van der Waals surface area contributed by atoms with Crippen LogP contribution in [0.5, 0.6) is 0 Å². The van der Waals surface area contributed by atoms with Crippen LogP contribution in [0.1, 0.15) is 0 Å². The van der Waals surface area contributed by atoms with Crippen molar-refractivity contribution in [3.63, 3.8) is 0 Å². The van der Waals surface area contributed by atoms with Gasteiger partial charge in [0.1, 0.15) is 0 Å². The molecule has 7 heteroatoms. The van der Waals surface area contributed by atoms with Crippen LogP contribution in [0.25, 0.3) is 0 Å². The molecular formula is C9H17F3N2O2. The average molecular weight is 242 g/mol. The number of aliphatic hydroxyl groups is 1. The summed E-state index contributed by atoms with van der Waals surface area (Å²) in [5.41, 5.74) is 0. The summed E-state index contributed by atoms with van der Waals surface area (Å²) in [6.07, 6.45) is -6.96. The van der Waals surface area contributed by atoms with E-state index in [2.05, 4.69) is 5.32 Å². The van der Waals surface area contributed by atoms with Crippen molar-refractivity contribution in [3.05, 3.63) is 0 Å². The molecule has 0 saturated carbocycles. The molecule has 96 valence electrons. The predicted molar refractivity (Wildman–Crippen MR) is 52.2 cm³/mol. The number of nitrogens with one attached hydrogen (secondary N) is 1. The molecule has 0 aromatic rings. The molecule has 16 heavy (non-hydrogen) atoms. The van der Waals surface area contributed by atoms with Crippen molar-refractivity contribution in [1.82, 2.24) is 10.2 Å². The Kier molecular flexibility index (Phi) is 4.97. The monoisotopic (exact) mass is 242 g/mol. The maximum absolute atomic E-state index is 12.1. The maximum Gasteiger partial charge on any atom is 0.415 e. The van der Waals surface area contributed by atoms with Crippen LogP contribution in [0.3, 0.4) is 0 Å². The van der Waals surface area contributed by atoms with Gasteiger partial charge in [0, 0.05) is 26.2 Å². The lowest BCUT2D eigenvalue weighted by molar-refractivity contribution is -0.208. The van der Waals surface area contributed by atoms with E-state index in [-0.39, 0.29) is 6.10 Å². The van der Waals surface area contributed by atoms with Crippen molar-refractivity contribution < 1.29 is 23.0 Å². The Bertz CT molecular complexity index is 207. The van der Waals surface area contributed by atoms with Crippen molar-refractivity contribution in [2.24, 2.45) is 0 Å². The molecule has 0 aliphatic carbocycles. The van der Waals surface area contributed by atoms with Gasteiger partial charge in [-0.1, -0.05) is 0 Å². The Hall–Kier alpha value is -0.370. The summed E-state index contributed by atoms with van der Waals surface area (Å²) in [7, 11) is 1.53. The molecule has 0 spiro atoms. The van der Waals surface area contributed by atoms with Crippen molar-refractivity contribution in [3.8, 4) is 0 Å². The average Bonchev–Trinajstić information content (AvgIpc) is 2.17. The molecule has 0 bridgehead atoms. The molecule has 1 saturated heterocycles. The molecule has 0 aromatic heterocycles. The van der Waals surface area contributed by atoms with Gasteiger partial charge in [-0.25, -0.2) is 0 Å². The second kappa shape index (κ2) is 5.81. The Balaban J connectivity index is 2.26. The van der Waals surface area contributed by atoms with E-state index >= 15 is 0 Å². The van der Waals surface area contributed by atoms with Crippen molar-refractivity contribution >= 4 is 0 Å². The van der Waals surface area contributed by atoms with Gasteiger partial charge in [0.15, 0.2) is 6.10 Å². The van der Waals surface area contributed by atoms with Gasteiger partial charge in [-0.05, 0) is 7.05 Å². The third-order valence-electron chi connectivity index (χ3n) is 2.38. The lowest BCUT2D eigenvalue weighted by atomic mass is 10.2. The molecule has 1 fully saturated rings. The number of hydrogen-bond donors (Lipinski definition) is 2. The van der Waals surface area contributed by atoms with Crippen molar-refractivity contribution in [2.75, 3.05) is 39.8 Å². The molecule has 0 amide bonds. The molecular weight excluding hydrogens is 225 g/mol. The van der Waals surface area contributed by atoms with E-state index in [4.69, 9.17) is 9.84 Å². The number of halogens is 3. The van der Waals surface area contributed by atoms with Crippen LogP contribution in [0.4, 0.5) is 13.2 Å². The van der Waals surface area contributed by atoms with E-state index in [0.29, 0.717) is 19.7 Å². The quantitative estimate of drug-likeness (QED) is 0.718. The second-order valence-corrected chi connectivity index (χ2v) is 3.98. The van der Waals surface area contributed by atoms with Gasteiger partial charge in [0.05, 0.1) is 12.7 Å². The fraction of sp³-hybridized carbons (Fsp3) is 1.00. The predicted octanol–water partition coefficient (Wildman–Crippen LogP) is -0.170.